The second-order valence-electron chi connectivity index (χ2n) is 4.63. The molecule has 0 radical (unpaired) electrons. The van der Waals surface area contributed by atoms with Gasteiger partial charge in [-0.25, -0.2) is 4.98 Å². The van der Waals surface area contributed by atoms with Gasteiger partial charge in [-0.15, -0.1) is 0 Å². The Balaban J connectivity index is 2.32. The van der Waals surface area contributed by atoms with E-state index in [4.69, 9.17) is 4.74 Å². The third-order valence-electron chi connectivity index (χ3n) is 3.19. The first-order chi connectivity index (χ1) is 10.2. The summed E-state index contributed by atoms with van der Waals surface area (Å²) in [7, 11) is 1.57. The van der Waals surface area contributed by atoms with E-state index in [1.54, 1.807) is 25.3 Å². The lowest BCUT2D eigenvalue weighted by Gasteiger charge is -2.12. The van der Waals surface area contributed by atoms with E-state index in [2.05, 4.69) is 10.3 Å². The van der Waals surface area contributed by atoms with Crippen molar-refractivity contribution in [1.29, 1.82) is 0 Å². The van der Waals surface area contributed by atoms with Gasteiger partial charge < -0.3 is 10.1 Å². The van der Waals surface area contributed by atoms with Crippen molar-refractivity contribution in [2.45, 2.75) is 19.9 Å². The molecule has 0 spiro atoms. The zero-order chi connectivity index (χ0) is 15.2. The number of benzene rings is 1. The molecule has 1 amide bonds. The van der Waals surface area contributed by atoms with Crippen molar-refractivity contribution in [2.75, 3.05) is 20.3 Å². The van der Waals surface area contributed by atoms with Crippen LogP contribution in [0.25, 0.3) is 10.9 Å². The summed E-state index contributed by atoms with van der Waals surface area (Å²) in [5.74, 6) is 0.390. The van der Waals surface area contributed by atoms with E-state index in [0.717, 1.165) is 0 Å². The lowest BCUT2D eigenvalue weighted by atomic mass is 10.2. The first-order valence-electron chi connectivity index (χ1n) is 6.91. The highest BCUT2D eigenvalue weighted by Gasteiger charge is 2.12. The van der Waals surface area contributed by atoms with Crippen LogP contribution in [0.5, 0.6) is 0 Å². The summed E-state index contributed by atoms with van der Waals surface area (Å²) in [6.45, 7) is 2.75. The smallest absolute Gasteiger partial charge is 0.261 e. The van der Waals surface area contributed by atoms with Gasteiger partial charge >= 0.3 is 0 Å². The second kappa shape index (κ2) is 6.99. The summed E-state index contributed by atoms with van der Waals surface area (Å²) in [5, 5.41) is 3.23. The summed E-state index contributed by atoms with van der Waals surface area (Å²) >= 11 is 0. The Morgan fingerprint density at radius 1 is 1.38 bits per heavy atom. The molecule has 2 aromatic rings. The number of methoxy groups -OCH3 is 1. The van der Waals surface area contributed by atoms with Crippen LogP contribution < -0.4 is 10.9 Å². The van der Waals surface area contributed by atoms with Crippen LogP contribution >= 0.6 is 0 Å². The second-order valence-corrected chi connectivity index (χ2v) is 4.63. The molecule has 0 aliphatic heterocycles. The number of hydrogen-bond donors (Lipinski definition) is 1. The van der Waals surface area contributed by atoms with E-state index >= 15 is 0 Å². The number of carbonyl (C=O) groups excluding carboxylic acids is 1. The topological polar surface area (TPSA) is 73.2 Å². The molecule has 6 heteroatoms. The monoisotopic (exact) mass is 289 g/mol. The molecule has 0 aliphatic rings. The van der Waals surface area contributed by atoms with Crippen molar-refractivity contribution < 1.29 is 9.53 Å². The lowest BCUT2D eigenvalue weighted by molar-refractivity contribution is -0.121. The highest BCUT2D eigenvalue weighted by atomic mass is 16.5. The number of para-hydroxylation sites is 1. The number of carbonyl (C=O) groups is 1. The molecule has 2 rings (SSSR count). The predicted octanol–water partition coefficient (Wildman–Crippen LogP) is 0.721. The highest BCUT2D eigenvalue weighted by Crippen LogP contribution is 2.08. The number of nitrogens with one attached hydrogen (secondary N) is 1. The number of rotatable bonds is 6. The van der Waals surface area contributed by atoms with Gasteiger partial charge in [0, 0.05) is 20.1 Å². The zero-order valence-corrected chi connectivity index (χ0v) is 12.3. The van der Waals surface area contributed by atoms with Gasteiger partial charge in [-0.3, -0.25) is 14.2 Å². The third kappa shape index (κ3) is 3.46. The molecule has 0 atom stereocenters. The Morgan fingerprint density at radius 3 is 2.86 bits per heavy atom. The van der Waals surface area contributed by atoms with Crippen LogP contribution in [0, 0.1) is 0 Å². The standard InChI is InChI=1S/C15H19N3O3/c1-3-13-17-12-7-5-4-6-11(12)15(20)18(13)10-14(19)16-8-9-21-2/h4-7H,3,8-10H2,1-2H3,(H,16,19). The van der Waals surface area contributed by atoms with Crippen LogP contribution in [0.4, 0.5) is 0 Å². The minimum absolute atomic E-state index is 0.0243. The van der Waals surface area contributed by atoms with Crippen LogP contribution in [0.15, 0.2) is 29.1 Å². The maximum atomic E-state index is 12.5. The molecular weight excluding hydrogens is 270 g/mol. The van der Waals surface area contributed by atoms with Crippen LogP contribution in [0.3, 0.4) is 0 Å². The number of ether oxygens (including phenoxy) is 1. The Morgan fingerprint density at radius 2 is 2.14 bits per heavy atom. The van der Waals surface area contributed by atoms with E-state index in [1.807, 2.05) is 13.0 Å². The number of aromatic nitrogens is 2. The molecule has 0 bridgehead atoms. The third-order valence-corrected chi connectivity index (χ3v) is 3.19. The van der Waals surface area contributed by atoms with Crippen molar-refractivity contribution in [3.63, 3.8) is 0 Å². The molecule has 0 saturated heterocycles. The molecule has 0 aliphatic carbocycles. The van der Waals surface area contributed by atoms with E-state index in [1.165, 1.54) is 4.57 Å². The highest BCUT2D eigenvalue weighted by molar-refractivity contribution is 5.79. The summed E-state index contributed by atoms with van der Waals surface area (Å²) in [5.41, 5.74) is 0.481. The number of hydrogen-bond acceptors (Lipinski definition) is 4. The molecule has 0 unspecified atom stereocenters. The Hall–Kier alpha value is -2.21. The normalized spacial score (nSPS) is 10.8. The summed E-state index contributed by atoms with van der Waals surface area (Å²) in [4.78, 5) is 28.8. The van der Waals surface area contributed by atoms with Gasteiger partial charge in [0.15, 0.2) is 0 Å². The van der Waals surface area contributed by atoms with Crippen molar-refractivity contribution >= 4 is 16.8 Å². The molecular formula is C15H19N3O3. The molecule has 1 aromatic heterocycles. The Labute approximate surface area is 122 Å². The minimum atomic E-state index is -0.221. The van der Waals surface area contributed by atoms with Crippen LogP contribution in [-0.2, 0) is 22.5 Å². The van der Waals surface area contributed by atoms with Gasteiger partial charge in [0.2, 0.25) is 5.91 Å². The van der Waals surface area contributed by atoms with Gasteiger partial charge in [0.05, 0.1) is 17.5 Å². The van der Waals surface area contributed by atoms with E-state index in [0.29, 0.717) is 36.3 Å². The van der Waals surface area contributed by atoms with Crippen molar-refractivity contribution in [2.24, 2.45) is 0 Å². The molecule has 1 aromatic carbocycles. The molecule has 0 fully saturated rings. The molecule has 6 nitrogen and oxygen atoms in total. The van der Waals surface area contributed by atoms with Gasteiger partial charge in [-0.2, -0.15) is 0 Å². The summed E-state index contributed by atoms with van der Waals surface area (Å²) < 4.78 is 6.31. The molecule has 1 N–H and O–H groups in total. The maximum absolute atomic E-state index is 12.5. The van der Waals surface area contributed by atoms with Crippen molar-refractivity contribution in [3.05, 3.63) is 40.4 Å². The molecule has 1 heterocycles. The maximum Gasteiger partial charge on any atom is 0.261 e. The quantitative estimate of drug-likeness (QED) is 0.795. The van der Waals surface area contributed by atoms with Crippen molar-refractivity contribution in [3.8, 4) is 0 Å². The van der Waals surface area contributed by atoms with E-state index in [-0.39, 0.29) is 18.0 Å². The zero-order valence-electron chi connectivity index (χ0n) is 12.3. The fraction of sp³-hybridized carbons (Fsp3) is 0.400. The lowest BCUT2D eigenvalue weighted by Crippen LogP contribution is -2.35. The molecule has 0 saturated carbocycles. The van der Waals surface area contributed by atoms with Gasteiger partial charge in [0.25, 0.3) is 5.56 Å². The van der Waals surface area contributed by atoms with Crippen LogP contribution in [0.1, 0.15) is 12.7 Å². The fourth-order valence-corrected chi connectivity index (χ4v) is 2.14. The fourth-order valence-electron chi connectivity index (χ4n) is 2.14. The Bertz CT molecular complexity index is 694. The van der Waals surface area contributed by atoms with Gasteiger partial charge in [0.1, 0.15) is 12.4 Å². The Kier molecular flexibility index (Phi) is 5.05. The largest absolute Gasteiger partial charge is 0.383 e. The van der Waals surface area contributed by atoms with E-state index < -0.39 is 0 Å². The van der Waals surface area contributed by atoms with Crippen LogP contribution in [-0.4, -0.2) is 35.7 Å². The number of nitrogens with zero attached hydrogens (tertiary/aromatic N) is 2. The summed E-state index contributed by atoms with van der Waals surface area (Å²) in [6, 6.07) is 7.17. The number of aryl methyl sites for hydroxylation is 1. The minimum Gasteiger partial charge on any atom is -0.383 e. The average Bonchev–Trinajstić information content (AvgIpc) is 2.50. The first-order valence-corrected chi connectivity index (χ1v) is 6.91. The van der Waals surface area contributed by atoms with Gasteiger partial charge in [-0.05, 0) is 12.1 Å². The van der Waals surface area contributed by atoms with E-state index in [9.17, 15) is 9.59 Å². The predicted molar refractivity (Wildman–Crippen MR) is 80.3 cm³/mol. The average molecular weight is 289 g/mol. The molecule has 21 heavy (non-hydrogen) atoms. The SMILES string of the molecule is CCc1nc2ccccc2c(=O)n1CC(=O)NCCOC. The first kappa shape index (κ1) is 15.2. The number of amides is 1. The van der Waals surface area contributed by atoms with Gasteiger partial charge in [-0.1, -0.05) is 19.1 Å². The summed E-state index contributed by atoms with van der Waals surface area (Å²) in [6.07, 6.45) is 0.589. The van der Waals surface area contributed by atoms with Crippen molar-refractivity contribution in [1.82, 2.24) is 14.9 Å². The van der Waals surface area contributed by atoms with Crippen LogP contribution in [0.2, 0.25) is 0 Å². The number of fused-ring (bicyclic) bond motifs is 1. The molecule has 112 valence electrons.